The normalized spacial score (nSPS) is 21.7. The second-order valence-corrected chi connectivity index (χ2v) is 3.20. The summed E-state index contributed by atoms with van der Waals surface area (Å²) in [6.07, 6.45) is 1.00. The molecule has 0 atom stereocenters. The fourth-order valence-corrected chi connectivity index (χ4v) is 1.00. The van der Waals surface area contributed by atoms with E-state index >= 15 is 0 Å². The van der Waals surface area contributed by atoms with Crippen LogP contribution >= 0.6 is 0 Å². The van der Waals surface area contributed by atoms with Crippen LogP contribution in [-0.2, 0) is 9.53 Å². The molecule has 58 valence electrons. The molecular formula is C7H12O3. The van der Waals surface area contributed by atoms with Crippen LogP contribution in [0, 0.1) is 5.41 Å². The number of carboxylic acids is 1. The van der Waals surface area contributed by atoms with Gasteiger partial charge in [-0.15, -0.1) is 0 Å². The van der Waals surface area contributed by atoms with Crippen LogP contribution < -0.4 is 0 Å². The summed E-state index contributed by atoms with van der Waals surface area (Å²) >= 11 is 0. The lowest BCUT2D eigenvalue weighted by Crippen LogP contribution is -2.39. The first-order valence-electron chi connectivity index (χ1n) is 3.42. The molecule has 0 aromatic rings. The third-order valence-electron chi connectivity index (χ3n) is 1.84. The summed E-state index contributed by atoms with van der Waals surface area (Å²) < 4.78 is 4.98. The van der Waals surface area contributed by atoms with Gasteiger partial charge in [-0.25, -0.2) is 0 Å². The van der Waals surface area contributed by atoms with Crippen LogP contribution in [0.15, 0.2) is 0 Å². The van der Waals surface area contributed by atoms with Crippen LogP contribution in [0.4, 0.5) is 0 Å². The average Bonchev–Trinajstić information content (AvgIpc) is 1.79. The van der Waals surface area contributed by atoms with Crippen molar-refractivity contribution in [2.75, 3.05) is 13.2 Å². The number of ether oxygens (including phenoxy) is 1. The predicted octanol–water partition coefficient (Wildman–Crippen LogP) is 0.888. The average molecular weight is 144 g/mol. The van der Waals surface area contributed by atoms with E-state index in [-0.39, 0.29) is 11.8 Å². The molecule has 1 aliphatic heterocycles. The van der Waals surface area contributed by atoms with Gasteiger partial charge in [-0.05, 0) is 6.42 Å². The summed E-state index contributed by atoms with van der Waals surface area (Å²) in [5, 5.41) is 8.36. The first kappa shape index (κ1) is 7.54. The Balaban J connectivity index is 2.18. The molecule has 10 heavy (non-hydrogen) atoms. The van der Waals surface area contributed by atoms with E-state index in [1.54, 1.807) is 0 Å². The van der Waals surface area contributed by atoms with Gasteiger partial charge in [-0.2, -0.15) is 0 Å². The Hall–Kier alpha value is -0.570. The highest BCUT2D eigenvalue weighted by molar-refractivity contribution is 5.66. The highest BCUT2D eigenvalue weighted by Gasteiger charge is 2.33. The van der Waals surface area contributed by atoms with Crippen LogP contribution in [0.3, 0.4) is 0 Å². The first-order valence-corrected chi connectivity index (χ1v) is 3.42. The molecule has 0 spiro atoms. The van der Waals surface area contributed by atoms with Crippen molar-refractivity contribution >= 4 is 5.97 Å². The van der Waals surface area contributed by atoms with Crippen molar-refractivity contribution in [2.24, 2.45) is 5.41 Å². The van der Waals surface area contributed by atoms with Crippen molar-refractivity contribution in [3.8, 4) is 0 Å². The number of aliphatic carboxylic acids is 1. The molecule has 0 radical (unpaired) electrons. The van der Waals surface area contributed by atoms with Gasteiger partial charge in [0, 0.05) is 11.8 Å². The molecular weight excluding hydrogens is 132 g/mol. The van der Waals surface area contributed by atoms with Gasteiger partial charge in [-0.1, -0.05) is 6.92 Å². The van der Waals surface area contributed by atoms with Crippen LogP contribution in [-0.4, -0.2) is 24.3 Å². The quantitative estimate of drug-likeness (QED) is 0.639. The maximum atomic E-state index is 10.1. The zero-order valence-corrected chi connectivity index (χ0v) is 6.09. The van der Waals surface area contributed by atoms with Crippen molar-refractivity contribution in [3.05, 3.63) is 0 Å². The molecule has 0 aromatic heterocycles. The number of rotatable bonds is 3. The maximum Gasteiger partial charge on any atom is 0.303 e. The van der Waals surface area contributed by atoms with Crippen molar-refractivity contribution in [1.29, 1.82) is 0 Å². The molecule has 1 rings (SSSR count). The molecule has 3 heteroatoms. The molecule has 1 heterocycles. The number of hydrogen-bond acceptors (Lipinski definition) is 2. The lowest BCUT2D eigenvalue weighted by Gasteiger charge is -2.37. The highest BCUT2D eigenvalue weighted by Crippen LogP contribution is 2.31. The topological polar surface area (TPSA) is 46.5 Å². The summed E-state index contributed by atoms with van der Waals surface area (Å²) in [6.45, 7) is 3.50. The van der Waals surface area contributed by atoms with Crippen molar-refractivity contribution < 1.29 is 14.6 Å². The van der Waals surface area contributed by atoms with Crippen LogP contribution in [0.2, 0.25) is 0 Å². The molecule has 1 fully saturated rings. The van der Waals surface area contributed by atoms with E-state index in [1.807, 2.05) is 0 Å². The summed E-state index contributed by atoms with van der Waals surface area (Å²) in [5.74, 6) is -0.715. The van der Waals surface area contributed by atoms with Crippen LogP contribution in [0.5, 0.6) is 0 Å². The minimum absolute atomic E-state index is 0.151. The summed E-state index contributed by atoms with van der Waals surface area (Å²) in [4.78, 5) is 10.1. The molecule has 0 amide bonds. The van der Waals surface area contributed by atoms with Crippen molar-refractivity contribution in [1.82, 2.24) is 0 Å². The monoisotopic (exact) mass is 144 g/mol. The summed E-state index contributed by atoms with van der Waals surface area (Å²) in [6, 6.07) is 0. The Bertz CT molecular complexity index is 138. The smallest absolute Gasteiger partial charge is 0.303 e. The third-order valence-corrected chi connectivity index (χ3v) is 1.84. The number of hydrogen-bond donors (Lipinski definition) is 1. The predicted molar refractivity (Wildman–Crippen MR) is 35.8 cm³/mol. The first-order chi connectivity index (χ1) is 4.62. The van der Waals surface area contributed by atoms with E-state index in [0.717, 1.165) is 19.6 Å². The summed E-state index contributed by atoms with van der Waals surface area (Å²) in [5.41, 5.74) is 0.151. The Morgan fingerprint density at radius 3 is 2.60 bits per heavy atom. The zero-order chi connectivity index (χ0) is 7.61. The van der Waals surface area contributed by atoms with E-state index < -0.39 is 5.97 Å². The van der Waals surface area contributed by atoms with Crippen molar-refractivity contribution in [2.45, 2.75) is 19.8 Å². The fraction of sp³-hybridized carbons (Fsp3) is 0.857. The van der Waals surface area contributed by atoms with E-state index in [9.17, 15) is 4.79 Å². The van der Waals surface area contributed by atoms with E-state index in [4.69, 9.17) is 9.84 Å². The largest absolute Gasteiger partial charge is 0.481 e. The van der Waals surface area contributed by atoms with Gasteiger partial charge in [0.2, 0.25) is 0 Å². The Morgan fingerprint density at radius 2 is 2.30 bits per heavy atom. The fourth-order valence-electron chi connectivity index (χ4n) is 1.00. The van der Waals surface area contributed by atoms with Gasteiger partial charge >= 0.3 is 5.97 Å². The van der Waals surface area contributed by atoms with Gasteiger partial charge in [0.25, 0.3) is 0 Å². The minimum Gasteiger partial charge on any atom is -0.481 e. The van der Waals surface area contributed by atoms with E-state index in [2.05, 4.69) is 6.92 Å². The number of carbonyl (C=O) groups is 1. The second kappa shape index (κ2) is 2.58. The van der Waals surface area contributed by atoms with Crippen LogP contribution in [0.25, 0.3) is 0 Å². The third kappa shape index (κ3) is 1.70. The number of carboxylic acid groups (broad SMARTS) is 1. The molecule has 0 aromatic carbocycles. The minimum atomic E-state index is -0.715. The van der Waals surface area contributed by atoms with Crippen molar-refractivity contribution in [3.63, 3.8) is 0 Å². The van der Waals surface area contributed by atoms with Crippen LogP contribution in [0.1, 0.15) is 19.8 Å². The molecule has 0 bridgehead atoms. The van der Waals surface area contributed by atoms with E-state index in [0.29, 0.717) is 0 Å². The molecule has 3 nitrogen and oxygen atoms in total. The standard InChI is InChI=1S/C7H12O3/c1-7(4-10-5-7)3-2-6(8)9/h2-5H2,1H3,(H,8,9). The zero-order valence-electron chi connectivity index (χ0n) is 6.09. The van der Waals surface area contributed by atoms with Gasteiger partial charge in [0.05, 0.1) is 13.2 Å². The van der Waals surface area contributed by atoms with Gasteiger partial charge in [0.15, 0.2) is 0 Å². The van der Waals surface area contributed by atoms with Gasteiger partial charge in [0.1, 0.15) is 0 Å². The second-order valence-electron chi connectivity index (χ2n) is 3.20. The SMILES string of the molecule is CC1(CCC(=O)O)COC1. The lowest BCUT2D eigenvalue weighted by molar-refractivity contribution is -0.142. The Kier molecular flexibility index (Phi) is 1.94. The molecule has 0 unspecified atom stereocenters. The Labute approximate surface area is 60.0 Å². The maximum absolute atomic E-state index is 10.1. The summed E-state index contributed by atoms with van der Waals surface area (Å²) in [7, 11) is 0. The highest BCUT2D eigenvalue weighted by atomic mass is 16.5. The van der Waals surface area contributed by atoms with Gasteiger partial charge in [-0.3, -0.25) is 4.79 Å². The molecule has 1 saturated heterocycles. The molecule has 1 N–H and O–H groups in total. The van der Waals surface area contributed by atoms with E-state index in [1.165, 1.54) is 0 Å². The molecule has 0 saturated carbocycles. The molecule has 0 aliphatic carbocycles. The molecule has 1 aliphatic rings. The Morgan fingerprint density at radius 1 is 1.70 bits per heavy atom. The van der Waals surface area contributed by atoms with Gasteiger partial charge < -0.3 is 9.84 Å². The lowest BCUT2D eigenvalue weighted by atomic mass is 9.84.